The standard InChI is InChI=1S/C12H22N4O/c1-5-11-10(9(4)17-16-11)7-15-12(13)14-6-8(2)3/h8H,5-7H2,1-4H3,(H3,13,14,15). The number of aliphatic imine (C=N–C) groups is 1. The summed E-state index contributed by atoms with van der Waals surface area (Å²) in [6.07, 6.45) is 0.849. The first-order valence-corrected chi connectivity index (χ1v) is 6.02. The van der Waals surface area contributed by atoms with Gasteiger partial charge in [0.25, 0.3) is 0 Å². The maximum Gasteiger partial charge on any atom is 0.188 e. The summed E-state index contributed by atoms with van der Waals surface area (Å²) < 4.78 is 5.14. The number of nitrogens with two attached hydrogens (primary N) is 1. The Bertz CT molecular complexity index is 382. The number of hydrogen-bond donors (Lipinski definition) is 2. The Balaban J connectivity index is 2.59. The van der Waals surface area contributed by atoms with Crippen LogP contribution in [0.4, 0.5) is 0 Å². The van der Waals surface area contributed by atoms with Crippen LogP contribution in [0.15, 0.2) is 9.52 Å². The molecule has 0 fully saturated rings. The number of aromatic nitrogens is 1. The van der Waals surface area contributed by atoms with E-state index in [4.69, 9.17) is 10.3 Å². The lowest BCUT2D eigenvalue weighted by atomic mass is 10.1. The molecule has 0 aromatic carbocycles. The fourth-order valence-corrected chi connectivity index (χ4v) is 1.45. The Labute approximate surface area is 102 Å². The van der Waals surface area contributed by atoms with E-state index in [2.05, 4.69) is 29.3 Å². The first-order valence-electron chi connectivity index (χ1n) is 6.02. The van der Waals surface area contributed by atoms with Gasteiger partial charge in [-0.3, -0.25) is 0 Å². The molecule has 0 saturated heterocycles. The molecule has 1 rings (SSSR count). The highest BCUT2D eigenvalue weighted by Gasteiger charge is 2.10. The summed E-state index contributed by atoms with van der Waals surface area (Å²) in [5, 5.41) is 7.06. The van der Waals surface area contributed by atoms with Gasteiger partial charge >= 0.3 is 0 Å². The predicted molar refractivity (Wildman–Crippen MR) is 68.8 cm³/mol. The molecule has 1 aromatic heterocycles. The first kappa shape index (κ1) is 13.5. The molecular weight excluding hydrogens is 216 g/mol. The molecule has 5 heteroatoms. The molecule has 0 spiro atoms. The van der Waals surface area contributed by atoms with Crippen molar-refractivity contribution in [3.63, 3.8) is 0 Å². The second kappa shape index (κ2) is 6.27. The van der Waals surface area contributed by atoms with E-state index in [-0.39, 0.29) is 0 Å². The van der Waals surface area contributed by atoms with Gasteiger partial charge in [-0.15, -0.1) is 0 Å². The van der Waals surface area contributed by atoms with Crippen LogP contribution in [0.2, 0.25) is 0 Å². The number of hydrogen-bond acceptors (Lipinski definition) is 3. The van der Waals surface area contributed by atoms with Crippen LogP contribution in [0, 0.1) is 12.8 Å². The second-order valence-corrected chi connectivity index (χ2v) is 4.49. The Morgan fingerprint density at radius 2 is 2.24 bits per heavy atom. The van der Waals surface area contributed by atoms with Crippen LogP contribution in [-0.4, -0.2) is 17.7 Å². The number of nitrogens with zero attached hydrogens (tertiary/aromatic N) is 2. The summed E-state index contributed by atoms with van der Waals surface area (Å²) in [4.78, 5) is 4.29. The summed E-state index contributed by atoms with van der Waals surface area (Å²) in [5.41, 5.74) is 7.77. The van der Waals surface area contributed by atoms with E-state index < -0.39 is 0 Å². The molecule has 0 unspecified atom stereocenters. The molecule has 1 heterocycles. The second-order valence-electron chi connectivity index (χ2n) is 4.49. The van der Waals surface area contributed by atoms with Crippen LogP contribution in [0.25, 0.3) is 0 Å². The lowest BCUT2D eigenvalue weighted by Crippen LogP contribution is -2.34. The van der Waals surface area contributed by atoms with Crippen molar-refractivity contribution in [3.8, 4) is 0 Å². The third-order valence-electron chi connectivity index (χ3n) is 2.50. The number of rotatable bonds is 5. The predicted octanol–water partition coefficient (Wildman–Crippen LogP) is 1.61. The maximum absolute atomic E-state index is 5.77. The monoisotopic (exact) mass is 238 g/mol. The summed E-state index contributed by atoms with van der Waals surface area (Å²) in [6, 6.07) is 0. The van der Waals surface area contributed by atoms with Gasteiger partial charge in [-0.25, -0.2) is 4.99 Å². The van der Waals surface area contributed by atoms with Gasteiger partial charge in [0.05, 0.1) is 12.2 Å². The zero-order valence-corrected chi connectivity index (χ0v) is 11.1. The Hall–Kier alpha value is -1.52. The van der Waals surface area contributed by atoms with Gasteiger partial charge < -0.3 is 15.6 Å². The van der Waals surface area contributed by atoms with Crippen molar-refractivity contribution < 1.29 is 4.52 Å². The summed E-state index contributed by atoms with van der Waals surface area (Å²) in [7, 11) is 0. The number of guanidine groups is 1. The number of aryl methyl sites for hydroxylation is 2. The molecular formula is C12H22N4O. The minimum absolute atomic E-state index is 0.473. The molecule has 96 valence electrons. The van der Waals surface area contributed by atoms with E-state index in [9.17, 15) is 0 Å². The summed E-state index contributed by atoms with van der Waals surface area (Å²) in [6.45, 7) is 9.55. The quantitative estimate of drug-likeness (QED) is 0.603. The topological polar surface area (TPSA) is 76.4 Å². The van der Waals surface area contributed by atoms with Gasteiger partial charge in [0, 0.05) is 12.1 Å². The van der Waals surface area contributed by atoms with E-state index in [1.807, 2.05) is 13.8 Å². The molecule has 1 aromatic rings. The molecule has 17 heavy (non-hydrogen) atoms. The minimum Gasteiger partial charge on any atom is -0.370 e. The Kier molecular flexibility index (Phi) is 5.00. The van der Waals surface area contributed by atoms with Gasteiger partial charge in [0.2, 0.25) is 0 Å². The molecule has 0 radical (unpaired) electrons. The fourth-order valence-electron chi connectivity index (χ4n) is 1.45. The Morgan fingerprint density at radius 1 is 1.53 bits per heavy atom. The number of nitrogens with one attached hydrogen (secondary N) is 1. The average Bonchev–Trinajstić information content (AvgIpc) is 2.64. The zero-order chi connectivity index (χ0) is 12.8. The van der Waals surface area contributed by atoms with E-state index >= 15 is 0 Å². The van der Waals surface area contributed by atoms with Crippen LogP contribution in [0.5, 0.6) is 0 Å². The third kappa shape index (κ3) is 4.09. The van der Waals surface area contributed by atoms with E-state index in [1.54, 1.807) is 0 Å². The van der Waals surface area contributed by atoms with E-state index in [0.29, 0.717) is 18.4 Å². The molecule has 0 saturated carbocycles. The lowest BCUT2D eigenvalue weighted by Gasteiger charge is -2.07. The van der Waals surface area contributed by atoms with Crippen molar-refractivity contribution in [1.82, 2.24) is 10.5 Å². The first-order chi connectivity index (χ1) is 8.04. The van der Waals surface area contributed by atoms with E-state index in [1.165, 1.54) is 0 Å². The molecule has 3 N–H and O–H groups in total. The highest BCUT2D eigenvalue weighted by atomic mass is 16.5. The summed E-state index contributed by atoms with van der Waals surface area (Å²) in [5.74, 6) is 1.84. The summed E-state index contributed by atoms with van der Waals surface area (Å²) >= 11 is 0. The highest BCUT2D eigenvalue weighted by molar-refractivity contribution is 5.77. The SMILES string of the molecule is CCc1noc(C)c1CN=C(N)NCC(C)C. The average molecular weight is 238 g/mol. The fraction of sp³-hybridized carbons (Fsp3) is 0.667. The normalized spacial score (nSPS) is 12.2. The van der Waals surface area contributed by atoms with Gasteiger partial charge in [-0.2, -0.15) is 0 Å². The van der Waals surface area contributed by atoms with E-state index in [0.717, 1.165) is 30.0 Å². The van der Waals surface area contributed by atoms with Crippen LogP contribution in [0.3, 0.4) is 0 Å². The molecule has 0 aliphatic rings. The molecule has 5 nitrogen and oxygen atoms in total. The molecule has 0 aliphatic heterocycles. The highest BCUT2D eigenvalue weighted by Crippen LogP contribution is 2.14. The molecule has 0 aliphatic carbocycles. The van der Waals surface area contributed by atoms with Crippen molar-refractivity contribution in [2.24, 2.45) is 16.6 Å². The van der Waals surface area contributed by atoms with Gasteiger partial charge in [-0.1, -0.05) is 25.9 Å². The van der Waals surface area contributed by atoms with Crippen molar-refractivity contribution in [1.29, 1.82) is 0 Å². The van der Waals surface area contributed by atoms with Crippen molar-refractivity contribution in [2.75, 3.05) is 6.54 Å². The lowest BCUT2D eigenvalue weighted by molar-refractivity contribution is 0.390. The minimum atomic E-state index is 0.473. The van der Waals surface area contributed by atoms with Gasteiger partial charge in [0.1, 0.15) is 5.76 Å². The maximum atomic E-state index is 5.77. The van der Waals surface area contributed by atoms with Crippen molar-refractivity contribution in [3.05, 3.63) is 17.0 Å². The third-order valence-corrected chi connectivity index (χ3v) is 2.50. The van der Waals surface area contributed by atoms with Crippen LogP contribution < -0.4 is 11.1 Å². The Morgan fingerprint density at radius 3 is 2.82 bits per heavy atom. The van der Waals surface area contributed by atoms with Crippen LogP contribution in [-0.2, 0) is 13.0 Å². The smallest absolute Gasteiger partial charge is 0.188 e. The van der Waals surface area contributed by atoms with Crippen molar-refractivity contribution in [2.45, 2.75) is 40.7 Å². The largest absolute Gasteiger partial charge is 0.370 e. The van der Waals surface area contributed by atoms with Crippen LogP contribution in [0.1, 0.15) is 37.8 Å². The van der Waals surface area contributed by atoms with Crippen LogP contribution >= 0.6 is 0 Å². The molecule has 0 atom stereocenters. The molecule has 0 bridgehead atoms. The van der Waals surface area contributed by atoms with Gasteiger partial charge in [0.15, 0.2) is 5.96 Å². The van der Waals surface area contributed by atoms with Crippen molar-refractivity contribution >= 4 is 5.96 Å². The zero-order valence-electron chi connectivity index (χ0n) is 11.1. The molecule has 0 amide bonds. The van der Waals surface area contributed by atoms with Gasteiger partial charge in [-0.05, 0) is 19.3 Å².